The molecule has 0 N–H and O–H groups in total. The number of rotatable bonds is 2. The van der Waals surface area contributed by atoms with E-state index in [-0.39, 0.29) is 0 Å². The summed E-state index contributed by atoms with van der Waals surface area (Å²) in [5.41, 5.74) is 2.49. The lowest BCUT2D eigenvalue weighted by Gasteiger charge is -1.94. The topological polar surface area (TPSA) is 12.4 Å². The van der Waals surface area contributed by atoms with E-state index in [0.29, 0.717) is 0 Å². The van der Waals surface area contributed by atoms with Gasteiger partial charge in [-0.1, -0.05) is 17.7 Å². The van der Waals surface area contributed by atoms with Gasteiger partial charge in [0, 0.05) is 13.3 Å². The van der Waals surface area contributed by atoms with E-state index in [1.807, 2.05) is 19.2 Å². The highest BCUT2D eigenvalue weighted by atomic mass is 14.6. The van der Waals surface area contributed by atoms with Crippen LogP contribution in [-0.4, -0.2) is 13.3 Å². The van der Waals surface area contributed by atoms with E-state index in [2.05, 4.69) is 24.9 Å². The van der Waals surface area contributed by atoms with E-state index >= 15 is 0 Å². The molecule has 0 rings (SSSR count). The first-order valence-corrected chi connectivity index (χ1v) is 3.44. The van der Waals surface area contributed by atoms with Crippen molar-refractivity contribution in [3.8, 4) is 0 Å². The highest BCUT2D eigenvalue weighted by Crippen LogP contribution is 2.01. The van der Waals surface area contributed by atoms with Crippen molar-refractivity contribution in [1.29, 1.82) is 0 Å². The van der Waals surface area contributed by atoms with Gasteiger partial charge in [-0.25, -0.2) is 0 Å². The molecule has 0 heterocycles. The molecule has 0 aliphatic rings. The van der Waals surface area contributed by atoms with Gasteiger partial charge in [0.2, 0.25) is 0 Å². The summed E-state index contributed by atoms with van der Waals surface area (Å²) in [6.07, 6.45) is 5.95. The molecule has 0 fully saturated rings. The van der Waals surface area contributed by atoms with E-state index in [9.17, 15) is 0 Å². The van der Waals surface area contributed by atoms with Crippen molar-refractivity contribution < 1.29 is 0 Å². The van der Waals surface area contributed by atoms with Crippen LogP contribution >= 0.6 is 0 Å². The lowest BCUT2D eigenvalue weighted by atomic mass is 10.1. The van der Waals surface area contributed by atoms with Crippen LogP contribution in [0.5, 0.6) is 0 Å². The van der Waals surface area contributed by atoms with Gasteiger partial charge in [-0.3, -0.25) is 4.99 Å². The molecule has 0 aromatic heterocycles. The fraction of sp³-hybridized carbons (Fsp3) is 0.444. The van der Waals surface area contributed by atoms with Gasteiger partial charge < -0.3 is 0 Å². The second kappa shape index (κ2) is 4.98. The Morgan fingerprint density at radius 3 is 2.20 bits per heavy atom. The van der Waals surface area contributed by atoms with Crippen molar-refractivity contribution in [3.63, 3.8) is 0 Å². The van der Waals surface area contributed by atoms with Gasteiger partial charge in [-0.15, -0.1) is 0 Å². The minimum absolute atomic E-state index is 1.20. The summed E-state index contributed by atoms with van der Waals surface area (Å²) in [6, 6.07) is 0. The fourth-order valence-corrected chi connectivity index (χ4v) is 0.657. The van der Waals surface area contributed by atoms with Crippen LogP contribution in [0.1, 0.15) is 20.8 Å². The highest BCUT2D eigenvalue weighted by Gasteiger charge is 1.86. The Morgan fingerprint density at radius 2 is 1.90 bits per heavy atom. The molecule has 1 heteroatoms. The van der Waals surface area contributed by atoms with Gasteiger partial charge in [0.1, 0.15) is 0 Å². The Balaban J connectivity index is 4.43. The Kier molecular flexibility index (Phi) is 4.55. The van der Waals surface area contributed by atoms with Crippen molar-refractivity contribution >= 4 is 6.21 Å². The largest absolute Gasteiger partial charge is 0.296 e. The highest BCUT2D eigenvalue weighted by molar-refractivity contribution is 5.83. The molecule has 0 saturated carbocycles. The summed E-state index contributed by atoms with van der Waals surface area (Å²) in [7, 11) is 1.78. The lowest BCUT2D eigenvalue weighted by molar-refractivity contribution is 1.35. The quantitative estimate of drug-likeness (QED) is 0.410. The maximum Gasteiger partial charge on any atom is 0.0280 e. The van der Waals surface area contributed by atoms with E-state index in [4.69, 9.17) is 0 Å². The molecular weight excluding hydrogens is 122 g/mol. The first-order chi connectivity index (χ1) is 4.72. The molecule has 0 aromatic rings. The van der Waals surface area contributed by atoms with E-state index in [1.54, 1.807) is 7.05 Å². The third-order valence-electron chi connectivity index (χ3n) is 1.19. The van der Waals surface area contributed by atoms with Crippen LogP contribution in [0.25, 0.3) is 0 Å². The number of nitrogens with zero attached hydrogens (tertiary/aromatic N) is 1. The number of hydrogen-bond donors (Lipinski definition) is 0. The summed E-state index contributed by atoms with van der Waals surface area (Å²) in [4.78, 5) is 3.94. The van der Waals surface area contributed by atoms with Gasteiger partial charge in [0.25, 0.3) is 0 Å². The molecular formula is C9H15N. The van der Waals surface area contributed by atoms with E-state index < -0.39 is 0 Å². The number of aliphatic imine (C=N–C) groups is 1. The number of hydrogen-bond acceptors (Lipinski definition) is 1. The van der Waals surface area contributed by atoms with Crippen LogP contribution < -0.4 is 0 Å². The number of allylic oxidation sites excluding steroid dienone is 4. The van der Waals surface area contributed by atoms with Crippen molar-refractivity contribution in [3.05, 3.63) is 23.3 Å². The summed E-state index contributed by atoms with van der Waals surface area (Å²) < 4.78 is 0. The molecule has 0 bridgehead atoms. The molecule has 0 unspecified atom stereocenters. The first kappa shape index (κ1) is 9.15. The zero-order chi connectivity index (χ0) is 7.98. The van der Waals surface area contributed by atoms with Crippen molar-refractivity contribution in [2.75, 3.05) is 7.05 Å². The third kappa shape index (κ3) is 3.23. The smallest absolute Gasteiger partial charge is 0.0280 e. The van der Waals surface area contributed by atoms with Crippen molar-refractivity contribution in [1.82, 2.24) is 0 Å². The Morgan fingerprint density at radius 1 is 1.30 bits per heavy atom. The zero-order valence-corrected chi connectivity index (χ0v) is 7.18. The summed E-state index contributed by atoms with van der Waals surface area (Å²) in [5, 5.41) is 0. The van der Waals surface area contributed by atoms with Gasteiger partial charge >= 0.3 is 0 Å². The molecule has 0 atom stereocenters. The second-order valence-corrected chi connectivity index (χ2v) is 2.34. The molecule has 0 aliphatic carbocycles. The first-order valence-electron chi connectivity index (χ1n) is 3.44. The molecule has 56 valence electrons. The Labute approximate surface area is 63.2 Å². The third-order valence-corrected chi connectivity index (χ3v) is 1.19. The van der Waals surface area contributed by atoms with Gasteiger partial charge in [0.15, 0.2) is 0 Å². The van der Waals surface area contributed by atoms with E-state index in [1.165, 1.54) is 11.1 Å². The summed E-state index contributed by atoms with van der Waals surface area (Å²) in [6.45, 7) is 6.17. The second-order valence-electron chi connectivity index (χ2n) is 2.34. The Hall–Kier alpha value is -0.850. The van der Waals surface area contributed by atoms with Crippen LogP contribution in [0.4, 0.5) is 0 Å². The minimum Gasteiger partial charge on any atom is -0.296 e. The molecule has 1 nitrogen and oxygen atoms in total. The molecule has 0 spiro atoms. The fourth-order valence-electron chi connectivity index (χ4n) is 0.657. The van der Waals surface area contributed by atoms with Crippen LogP contribution in [0.3, 0.4) is 0 Å². The Bertz CT molecular complexity index is 155. The van der Waals surface area contributed by atoms with Crippen LogP contribution in [-0.2, 0) is 0 Å². The van der Waals surface area contributed by atoms with Crippen molar-refractivity contribution in [2.24, 2.45) is 4.99 Å². The van der Waals surface area contributed by atoms with Crippen molar-refractivity contribution in [2.45, 2.75) is 20.8 Å². The lowest BCUT2D eigenvalue weighted by Crippen LogP contribution is -1.82. The predicted octanol–water partition coefficient (Wildman–Crippen LogP) is 2.60. The average Bonchev–Trinajstić information content (AvgIpc) is 1.87. The van der Waals surface area contributed by atoms with E-state index in [0.717, 1.165) is 0 Å². The average molecular weight is 137 g/mol. The van der Waals surface area contributed by atoms with Crippen LogP contribution in [0, 0.1) is 0 Å². The SMILES string of the molecule is C/C=C\C(/C=N\C)=C(C)C. The molecule has 10 heavy (non-hydrogen) atoms. The molecule has 0 aromatic carbocycles. The minimum atomic E-state index is 1.20. The molecule has 0 radical (unpaired) electrons. The molecule has 0 saturated heterocycles. The maximum absolute atomic E-state index is 3.94. The van der Waals surface area contributed by atoms with Gasteiger partial charge in [-0.05, 0) is 26.3 Å². The summed E-state index contributed by atoms with van der Waals surface area (Å²) >= 11 is 0. The van der Waals surface area contributed by atoms with Crippen LogP contribution in [0.15, 0.2) is 28.3 Å². The van der Waals surface area contributed by atoms with Gasteiger partial charge in [0.05, 0.1) is 0 Å². The standard InChI is InChI=1S/C9H15N/c1-5-6-9(7-10-4)8(2)3/h5-7H,1-4H3/b6-5-,10-7-. The zero-order valence-electron chi connectivity index (χ0n) is 7.18. The normalized spacial score (nSPS) is 11.2. The monoisotopic (exact) mass is 137 g/mol. The summed E-state index contributed by atoms with van der Waals surface area (Å²) in [5.74, 6) is 0. The predicted molar refractivity (Wildman–Crippen MR) is 47.6 cm³/mol. The van der Waals surface area contributed by atoms with Gasteiger partial charge in [-0.2, -0.15) is 0 Å². The molecule has 0 amide bonds. The molecule has 0 aliphatic heterocycles. The van der Waals surface area contributed by atoms with Crippen LogP contribution in [0.2, 0.25) is 0 Å². The maximum atomic E-state index is 3.94.